The molecule has 1 saturated heterocycles. The number of anilines is 1. The standard InChI is InChI=1S/C14H16N2O3/c1-16-13(17)11-5-4-9(7-12(11)14(16)18)15-8-10-3-2-6-19-10/h4-5,7,10,15H,2-3,6,8H2,1H3. The van der Waals surface area contributed by atoms with Gasteiger partial charge in [-0.1, -0.05) is 0 Å². The highest BCUT2D eigenvalue weighted by Gasteiger charge is 2.32. The molecule has 1 unspecified atom stereocenters. The van der Waals surface area contributed by atoms with E-state index in [0.29, 0.717) is 11.1 Å². The van der Waals surface area contributed by atoms with Gasteiger partial charge in [-0.2, -0.15) is 0 Å². The van der Waals surface area contributed by atoms with Gasteiger partial charge in [-0.25, -0.2) is 0 Å². The summed E-state index contributed by atoms with van der Waals surface area (Å²) in [5, 5.41) is 3.26. The van der Waals surface area contributed by atoms with Crippen LogP contribution in [0.5, 0.6) is 0 Å². The van der Waals surface area contributed by atoms with Gasteiger partial charge in [0.1, 0.15) is 0 Å². The van der Waals surface area contributed by atoms with E-state index in [2.05, 4.69) is 5.32 Å². The Morgan fingerprint density at radius 2 is 2.11 bits per heavy atom. The smallest absolute Gasteiger partial charge is 0.261 e. The van der Waals surface area contributed by atoms with Crippen LogP contribution in [0, 0.1) is 0 Å². The minimum Gasteiger partial charge on any atom is -0.382 e. The Kier molecular flexibility index (Phi) is 2.98. The molecule has 0 bridgehead atoms. The number of nitrogens with one attached hydrogen (secondary N) is 1. The van der Waals surface area contributed by atoms with E-state index in [1.807, 2.05) is 6.07 Å². The average molecular weight is 260 g/mol. The van der Waals surface area contributed by atoms with Crippen LogP contribution in [-0.2, 0) is 4.74 Å². The minimum absolute atomic E-state index is 0.231. The number of hydrogen-bond acceptors (Lipinski definition) is 4. The molecule has 5 nitrogen and oxygen atoms in total. The fourth-order valence-electron chi connectivity index (χ4n) is 2.51. The highest BCUT2D eigenvalue weighted by Crippen LogP contribution is 2.25. The van der Waals surface area contributed by atoms with Crippen molar-refractivity contribution in [2.75, 3.05) is 25.5 Å². The first-order chi connectivity index (χ1) is 9.16. The predicted octanol–water partition coefficient (Wildman–Crippen LogP) is 1.50. The molecule has 100 valence electrons. The van der Waals surface area contributed by atoms with Gasteiger partial charge in [0.2, 0.25) is 0 Å². The number of benzene rings is 1. The lowest BCUT2D eigenvalue weighted by Gasteiger charge is -2.12. The van der Waals surface area contributed by atoms with Gasteiger partial charge in [-0.05, 0) is 31.0 Å². The second-order valence-electron chi connectivity index (χ2n) is 4.95. The van der Waals surface area contributed by atoms with Gasteiger partial charge in [-0.3, -0.25) is 14.5 Å². The van der Waals surface area contributed by atoms with Crippen LogP contribution in [0.1, 0.15) is 33.6 Å². The summed E-state index contributed by atoms with van der Waals surface area (Å²) in [5.41, 5.74) is 1.81. The fourth-order valence-corrected chi connectivity index (χ4v) is 2.51. The van der Waals surface area contributed by atoms with Crippen LogP contribution in [-0.4, -0.2) is 43.0 Å². The number of imide groups is 1. The lowest BCUT2D eigenvalue weighted by molar-refractivity contribution is 0.0693. The van der Waals surface area contributed by atoms with Crippen molar-refractivity contribution >= 4 is 17.5 Å². The summed E-state index contributed by atoms with van der Waals surface area (Å²) in [6.45, 7) is 1.56. The summed E-state index contributed by atoms with van der Waals surface area (Å²) in [5.74, 6) is -0.466. The number of rotatable bonds is 3. The van der Waals surface area contributed by atoms with Crippen LogP contribution in [0.25, 0.3) is 0 Å². The Balaban J connectivity index is 1.75. The Hall–Kier alpha value is -1.88. The van der Waals surface area contributed by atoms with E-state index in [1.54, 1.807) is 12.1 Å². The van der Waals surface area contributed by atoms with E-state index in [1.165, 1.54) is 7.05 Å². The quantitative estimate of drug-likeness (QED) is 0.837. The number of carbonyl (C=O) groups excluding carboxylic acids is 2. The van der Waals surface area contributed by atoms with E-state index < -0.39 is 0 Å². The van der Waals surface area contributed by atoms with Crippen molar-refractivity contribution in [3.8, 4) is 0 Å². The molecule has 1 fully saturated rings. The number of amides is 2. The summed E-state index contributed by atoms with van der Waals surface area (Å²) in [7, 11) is 1.50. The van der Waals surface area contributed by atoms with Crippen molar-refractivity contribution in [1.82, 2.24) is 4.90 Å². The number of hydrogen-bond donors (Lipinski definition) is 1. The molecule has 2 aliphatic heterocycles. The third kappa shape index (κ3) is 2.10. The Morgan fingerprint density at radius 1 is 1.32 bits per heavy atom. The summed E-state index contributed by atoms with van der Waals surface area (Å²) in [6, 6.07) is 5.28. The van der Waals surface area contributed by atoms with Crippen molar-refractivity contribution in [2.45, 2.75) is 18.9 Å². The van der Waals surface area contributed by atoms with Crippen LogP contribution < -0.4 is 5.32 Å². The van der Waals surface area contributed by atoms with Gasteiger partial charge in [-0.15, -0.1) is 0 Å². The molecular weight excluding hydrogens is 244 g/mol. The molecule has 1 atom stereocenters. The second-order valence-corrected chi connectivity index (χ2v) is 4.95. The summed E-state index contributed by atoms with van der Waals surface area (Å²) >= 11 is 0. The highest BCUT2D eigenvalue weighted by atomic mass is 16.5. The zero-order valence-electron chi connectivity index (χ0n) is 10.8. The first-order valence-electron chi connectivity index (χ1n) is 6.49. The zero-order valence-corrected chi connectivity index (χ0v) is 10.8. The van der Waals surface area contributed by atoms with Crippen molar-refractivity contribution < 1.29 is 14.3 Å². The molecule has 0 aliphatic carbocycles. The number of fused-ring (bicyclic) bond motifs is 1. The van der Waals surface area contributed by atoms with Crippen LogP contribution in [0.15, 0.2) is 18.2 Å². The first kappa shape index (κ1) is 12.2. The highest BCUT2D eigenvalue weighted by molar-refractivity contribution is 6.21. The average Bonchev–Trinajstić information content (AvgIpc) is 3.01. The molecule has 0 saturated carbocycles. The Labute approximate surface area is 111 Å². The Morgan fingerprint density at radius 3 is 2.84 bits per heavy atom. The normalized spacial score (nSPS) is 21.9. The topological polar surface area (TPSA) is 58.6 Å². The van der Waals surface area contributed by atoms with Crippen molar-refractivity contribution in [1.29, 1.82) is 0 Å². The molecule has 19 heavy (non-hydrogen) atoms. The molecule has 2 amide bonds. The van der Waals surface area contributed by atoms with Gasteiger partial charge >= 0.3 is 0 Å². The molecule has 0 spiro atoms. The lowest BCUT2D eigenvalue weighted by Crippen LogP contribution is -2.24. The zero-order chi connectivity index (χ0) is 13.4. The molecule has 2 aliphatic rings. The third-order valence-corrected chi connectivity index (χ3v) is 3.65. The van der Waals surface area contributed by atoms with Gasteiger partial charge in [0, 0.05) is 25.9 Å². The summed E-state index contributed by atoms with van der Waals surface area (Å²) in [6.07, 6.45) is 2.42. The minimum atomic E-state index is -0.235. The number of ether oxygens (including phenoxy) is 1. The van der Waals surface area contributed by atoms with Crippen molar-refractivity contribution in [3.63, 3.8) is 0 Å². The first-order valence-corrected chi connectivity index (χ1v) is 6.49. The van der Waals surface area contributed by atoms with Gasteiger partial charge in [0.25, 0.3) is 11.8 Å². The second kappa shape index (κ2) is 4.66. The lowest BCUT2D eigenvalue weighted by atomic mass is 10.1. The van der Waals surface area contributed by atoms with E-state index in [4.69, 9.17) is 4.74 Å². The van der Waals surface area contributed by atoms with Crippen LogP contribution in [0.4, 0.5) is 5.69 Å². The fraction of sp³-hybridized carbons (Fsp3) is 0.429. The molecule has 1 N–H and O–H groups in total. The monoisotopic (exact) mass is 260 g/mol. The molecule has 3 rings (SSSR count). The van der Waals surface area contributed by atoms with E-state index in [0.717, 1.165) is 36.6 Å². The third-order valence-electron chi connectivity index (χ3n) is 3.65. The molecule has 0 aromatic heterocycles. The molecule has 0 radical (unpaired) electrons. The largest absolute Gasteiger partial charge is 0.382 e. The number of nitrogens with zero attached hydrogens (tertiary/aromatic N) is 1. The molecule has 2 heterocycles. The molecular formula is C14H16N2O3. The maximum Gasteiger partial charge on any atom is 0.261 e. The van der Waals surface area contributed by atoms with Crippen molar-refractivity contribution in [2.24, 2.45) is 0 Å². The van der Waals surface area contributed by atoms with Crippen molar-refractivity contribution in [3.05, 3.63) is 29.3 Å². The van der Waals surface area contributed by atoms with E-state index in [-0.39, 0.29) is 17.9 Å². The molecule has 1 aromatic rings. The maximum atomic E-state index is 11.9. The Bertz CT molecular complexity index is 535. The molecule has 5 heteroatoms. The van der Waals surface area contributed by atoms with E-state index >= 15 is 0 Å². The van der Waals surface area contributed by atoms with Gasteiger partial charge < -0.3 is 10.1 Å². The predicted molar refractivity (Wildman–Crippen MR) is 70.3 cm³/mol. The van der Waals surface area contributed by atoms with Crippen LogP contribution in [0.3, 0.4) is 0 Å². The van der Waals surface area contributed by atoms with Gasteiger partial charge in [0.15, 0.2) is 0 Å². The summed E-state index contributed by atoms with van der Waals surface area (Å²) in [4.78, 5) is 24.8. The molecule has 1 aromatic carbocycles. The number of carbonyl (C=O) groups is 2. The SMILES string of the molecule is CN1C(=O)c2ccc(NCC3CCCO3)cc2C1=O. The van der Waals surface area contributed by atoms with Crippen LogP contribution in [0.2, 0.25) is 0 Å². The van der Waals surface area contributed by atoms with Crippen LogP contribution >= 0.6 is 0 Å². The summed E-state index contributed by atoms with van der Waals surface area (Å²) < 4.78 is 5.53. The maximum absolute atomic E-state index is 11.9. The van der Waals surface area contributed by atoms with Gasteiger partial charge in [0.05, 0.1) is 17.2 Å². The van der Waals surface area contributed by atoms with E-state index in [9.17, 15) is 9.59 Å².